The van der Waals surface area contributed by atoms with Gasteiger partial charge in [-0.25, -0.2) is 13.1 Å². The number of fused-ring (bicyclic) bond motifs is 3. The number of hydrogen-bond acceptors (Lipinski definition) is 11. The molecule has 1 aromatic rings. The van der Waals surface area contributed by atoms with Crippen molar-refractivity contribution in [2.45, 2.75) is 136 Å². The smallest absolute Gasteiger partial charge is 0.323 e. The van der Waals surface area contributed by atoms with E-state index in [0.29, 0.717) is 56.3 Å². The van der Waals surface area contributed by atoms with Gasteiger partial charge in [-0.1, -0.05) is 66.5 Å². The van der Waals surface area contributed by atoms with Gasteiger partial charge in [0.25, 0.3) is 0 Å². The number of nitrogens with two attached hydrogens (primary N) is 1. The molecule has 0 spiro atoms. The normalized spacial score (nSPS) is 37.0. The van der Waals surface area contributed by atoms with E-state index in [1.807, 2.05) is 0 Å². The van der Waals surface area contributed by atoms with Crippen LogP contribution in [0.15, 0.2) is 34.7 Å². The summed E-state index contributed by atoms with van der Waals surface area (Å²) in [7, 11) is -0.913. The Balaban J connectivity index is 1.18. The van der Waals surface area contributed by atoms with E-state index in [0.717, 1.165) is 25.7 Å². The molecule has 4 fully saturated rings. The summed E-state index contributed by atoms with van der Waals surface area (Å²) in [6.07, 6.45) is 6.54. The summed E-state index contributed by atoms with van der Waals surface area (Å²) in [5.41, 5.74) is 5.47. The topological polar surface area (TPSA) is 190 Å². The minimum Gasteiger partial charge on any atom is -0.493 e. The fraction of sp³-hybridized carbons (Fsp3) is 0.761. The predicted molar refractivity (Wildman–Crippen MR) is 226 cm³/mol. The number of esters is 2. The third-order valence-electron chi connectivity index (χ3n) is 16.8. The highest BCUT2D eigenvalue weighted by Crippen LogP contribution is 2.75. The molecule has 1 aromatic carbocycles. The number of ether oxygens (including phenoxy) is 5. The van der Waals surface area contributed by atoms with Crippen molar-refractivity contribution in [3.63, 3.8) is 0 Å². The fourth-order valence-electron chi connectivity index (χ4n) is 13.2. The van der Waals surface area contributed by atoms with Crippen molar-refractivity contribution in [2.75, 3.05) is 34.0 Å². The van der Waals surface area contributed by atoms with Crippen LogP contribution in [0, 0.1) is 56.7 Å². The first-order chi connectivity index (χ1) is 28.1. The van der Waals surface area contributed by atoms with Gasteiger partial charge in [0, 0.05) is 30.4 Å². The highest BCUT2D eigenvalue weighted by Gasteiger charge is 2.72. The van der Waals surface area contributed by atoms with Crippen molar-refractivity contribution in [3.05, 3.63) is 29.8 Å². The molecular formula is C46H70N2O11S. The molecule has 4 N–H and O–H groups in total. The predicted octanol–water partition coefficient (Wildman–Crippen LogP) is 6.91. The molecule has 0 radical (unpaired) electrons. The molecule has 12 atom stereocenters. The summed E-state index contributed by atoms with van der Waals surface area (Å²) < 4.78 is 57.9. The van der Waals surface area contributed by atoms with Crippen LogP contribution in [0.3, 0.4) is 0 Å². The second kappa shape index (κ2) is 16.8. The largest absolute Gasteiger partial charge is 0.493 e. The van der Waals surface area contributed by atoms with Crippen molar-refractivity contribution < 1.29 is 51.6 Å². The first kappa shape index (κ1) is 46.3. The number of carbonyl (C=O) groups excluding carboxylic acids is 2. The lowest BCUT2D eigenvalue weighted by molar-refractivity contribution is -0.263. The lowest BCUT2D eigenvalue weighted by Crippen LogP contribution is -2.70. The van der Waals surface area contributed by atoms with Gasteiger partial charge in [-0.3, -0.25) is 14.4 Å². The molecular weight excluding hydrogens is 789 g/mol. The number of hydrogen-bond donors (Lipinski definition) is 3. The third-order valence-corrected chi connectivity index (χ3v) is 18.3. The highest BCUT2D eigenvalue weighted by atomic mass is 32.2. The second-order valence-electron chi connectivity index (χ2n) is 20.1. The summed E-state index contributed by atoms with van der Waals surface area (Å²) >= 11 is 0. The summed E-state index contributed by atoms with van der Waals surface area (Å²) in [5, 5.41) is 11.0. The average Bonchev–Trinajstić information content (AvgIpc) is 3.18. The SMILES string of the molecule is COc1ccc(S(=O)(=O)NCCCCC(N)C(=O)O[C@H]2[C@H](OC(C)=O)C[C@@]34COC[C@]2(C)[C@@H]3CC[C@H]2C4=CC[C@@]3(C)[C@H](C(=O)O)[C@@](C)([C@H](C)C(C)C)CC[C@]23C)cc1OC. The molecule has 5 aliphatic rings. The number of unbranched alkanes of at least 4 members (excludes halogenated alkanes) is 1. The Labute approximate surface area is 357 Å². The zero-order chi connectivity index (χ0) is 44.2. The zero-order valence-corrected chi connectivity index (χ0v) is 38.2. The van der Waals surface area contributed by atoms with E-state index in [4.69, 9.17) is 29.4 Å². The van der Waals surface area contributed by atoms with Crippen LogP contribution in [-0.2, 0) is 38.6 Å². The molecule has 336 valence electrons. The van der Waals surface area contributed by atoms with E-state index in [1.54, 1.807) is 0 Å². The number of carboxylic acid groups (broad SMARTS) is 1. The van der Waals surface area contributed by atoms with E-state index in [2.05, 4.69) is 59.3 Å². The van der Waals surface area contributed by atoms with E-state index in [1.165, 1.54) is 44.9 Å². The van der Waals surface area contributed by atoms with Crippen LogP contribution in [0.25, 0.3) is 0 Å². The maximum Gasteiger partial charge on any atom is 0.323 e. The number of methoxy groups -OCH3 is 2. The maximum absolute atomic E-state index is 13.8. The average molecular weight is 859 g/mol. The number of aliphatic carboxylic acids is 1. The van der Waals surface area contributed by atoms with Crippen LogP contribution in [0.2, 0.25) is 0 Å². The molecule has 60 heavy (non-hydrogen) atoms. The Morgan fingerprint density at radius 1 is 0.967 bits per heavy atom. The molecule has 1 heterocycles. The van der Waals surface area contributed by atoms with Gasteiger partial charge in [0.05, 0.1) is 38.2 Å². The van der Waals surface area contributed by atoms with Gasteiger partial charge < -0.3 is 34.5 Å². The molecule has 0 aromatic heterocycles. The van der Waals surface area contributed by atoms with Crippen LogP contribution in [0.4, 0.5) is 0 Å². The molecule has 0 amide bonds. The Kier molecular flexibility index (Phi) is 13.0. The molecule has 2 bridgehead atoms. The number of nitrogens with one attached hydrogen (secondary N) is 1. The summed E-state index contributed by atoms with van der Waals surface area (Å²) in [6.45, 7) is 17.8. The molecule has 1 saturated heterocycles. The second-order valence-corrected chi connectivity index (χ2v) is 21.8. The van der Waals surface area contributed by atoms with Crippen molar-refractivity contribution in [1.29, 1.82) is 0 Å². The summed E-state index contributed by atoms with van der Waals surface area (Å²) in [4.78, 5) is 40.1. The number of benzene rings is 1. The quantitative estimate of drug-likeness (QED) is 0.0941. The number of sulfonamides is 1. The minimum atomic E-state index is -3.82. The summed E-state index contributed by atoms with van der Waals surface area (Å²) in [6, 6.07) is 3.39. The van der Waals surface area contributed by atoms with Gasteiger partial charge in [0.1, 0.15) is 18.2 Å². The molecule has 6 rings (SSSR count). The minimum absolute atomic E-state index is 0.0421. The van der Waals surface area contributed by atoms with Crippen molar-refractivity contribution in [3.8, 4) is 11.5 Å². The number of rotatable bonds is 15. The molecule has 1 aliphatic heterocycles. The summed E-state index contributed by atoms with van der Waals surface area (Å²) in [5.74, 6) is -0.769. The number of allylic oxidation sites excluding steroid dienone is 1. The Hall–Kier alpha value is -3.20. The molecule has 3 saturated carbocycles. The van der Waals surface area contributed by atoms with Gasteiger partial charge in [-0.2, -0.15) is 0 Å². The van der Waals surface area contributed by atoms with Gasteiger partial charge in [0.2, 0.25) is 10.0 Å². The Morgan fingerprint density at radius 2 is 1.67 bits per heavy atom. The lowest BCUT2D eigenvalue weighted by Gasteiger charge is -2.71. The van der Waals surface area contributed by atoms with Crippen molar-refractivity contribution >= 4 is 27.9 Å². The van der Waals surface area contributed by atoms with Crippen LogP contribution >= 0.6 is 0 Å². The first-order valence-corrected chi connectivity index (χ1v) is 23.4. The highest BCUT2D eigenvalue weighted by molar-refractivity contribution is 7.89. The lowest BCUT2D eigenvalue weighted by atomic mass is 9.34. The van der Waals surface area contributed by atoms with Crippen LogP contribution in [0.5, 0.6) is 11.5 Å². The number of carbonyl (C=O) groups is 3. The Morgan fingerprint density at radius 3 is 2.30 bits per heavy atom. The molecule has 1 unspecified atom stereocenters. The molecule has 14 heteroatoms. The van der Waals surface area contributed by atoms with Crippen LogP contribution in [-0.4, -0.2) is 83.7 Å². The van der Waals surface area contributed by atoms with Crippen molar-refractivity contribution in [2.24, 2.45) is 62.4 Å². The molecule has 13 nitrogen and oxygen atoms in total. The van der Waals surface area contributed by atoms with Gasteiger partial charge in [0.15, 0.2) is 11.5 Å². The van der Waals surface area contributed by atoms with E-state index >= 15 is 0 Å². The molecule has 4 aliphatic carbocycles. The van der Waals surface area contributed by atoms with E-state index < -0.39 is 68.3 Å². The van der Waals surface area contributed by atoms with Gasteiger partial charge >= 0.3 is 17.9 Å². The maximum atomic E-state index is 13.8. The Bertz CT molecular complexity index is 1950. The van der Waals surface area contributed by atoms with Crippen LogP contribution in [0.1, 0.15) is 113 Å². The third kappa shape index (κ3) is 7.56. The number of carboxylic acids is 1. The van der Waals surface area contributed by atoms with Crippen LogP contribution < -0.4 is 19.9 Å². The standard InChI is InChI=1S/C46H70N2O11S/c1-27(2)28(3)42(5)20-21-44(7)31-15-17-37-43(6)25-57-26-46(37,32(31)18-19-45(44,8)38(42)40(50)51)24-36(58-29(4)49)39(43)59-41(52)33(47)13-11-12-22-48-60(53,54)30-14-16-34(55-9)35(23-30)56-10/h14,16,18,23,27-28,31,33,36-39,48H,11-13,15,17,19-22,24-26,47H2,1-10H3,(H,50,51)/t28-,31+,33?,36-,37+,38-,39+,42-,43-,44-,45+,46+/m1/s1. The van der Waals surface area contributed by atoms with E-state index in [-0.39, 0.29) is 46.4 Å². The van der Waals surface area contributed by atoms with Gasteiger partial charge in [-0.05, 0) is 103 Å². The van der Waals surface area contributed by atoms with Gasteiger partial charge in [-0.15, -0.1) is 0 Å². The first-order valence-electron chi connectivity index (χ1n) is 21.9. The zero-order valence-electron chi connectivity index (χ0n) is 37.4. The fourth-order valence-corrected chi connectivity index (χ4v) is 14.3. The monoisotopic (exact) mass is 858 g/mol. The van der Waals surface area contributed by atoms with Crippen molar-refractivity contribution in [1.82, 2.24) is 4.72 Å². The van der Waals surface area contributed by atoms with E-state index in [9.17, 15) is 27.9 Å².